The van der Waals surface area contributed by atoms with Crippen molar-refractivity contribution in [1.82, 2.24) is 5.32 Å². The number of hydrogen-bond acceptors (Lipinski definition) is 3. The van der Waals surface area contributed by atoms with Gasteiger partial charge in [-0.3, -0.25) is 0 Å². The van der Waals surface area contributed by atoms with Gasteiger partial charge in [-0.2, -0.15) is 0 Å². The molecule has 3 nitrogen and oxygen atoms in total. The summed E-state index contributed by atoms with van der Waals surface area (Å²) in [6.45, 7) is 0. The van der Waals surface area contributed by atoms with E-state index in [1.807, 2.05) is 19.2 Å². The monoisotopic (exact) mass is 273 g/mol. The van der Waals surface area contributed by atoms with Crippen LogP contribution in [0.2, 0.25) is 0 Å². The zero-order chi connectivity index (χ0) is 14.1. The Morgan fingerprint density at radius 2 is 1.95 bits per heavy atom. The SMILES string of the molecule is CNC1CC(c2ccc(O)cc2)Oc2ccc(F)cc21. The molecule has 0 amide bonds. The molecule has 1 aliphatic heterocycles. The molecule has 0 aromatic heterocycles. The second kappa shape index (κ2) is 5.13. The van der Waals surface area contributed by atoms with Crippen molar-refractivity contribution in [3.8, 4) is 11.5 Å². The highest BCUT2D eigenvalue weighted by Gasteiger charge is 2.28. The van der Waals surface area contributed by atoms with Gasteiger partial charge in [0.1, 0.15) is 23.4 Å². The number of ether oxygens (including phenoxy) is 1. The second-order valence-electron chi connectivity index (χ2n) is 4.96. The average molecular weight is 273 g/mol. The first-order chi connectivity index (χ1) is 9.67. The second-order valence-corrected chi connectivity index (χ2v) is 4.96. The van der Waals surface area contributed by atoms with Crippen molar-refractivity contribution in [3.05, 3.63) is 59.4 Å². The van der Waals surface area contributed by atoms with Crippen LogP contribution in [-0.4, -0.2) is 12.2 Å². The van der Waals surface area contributed by atoms with E-state index >= 15 is 0 Å². The van der Waals surface area contributed by atoms with E-state index in [0.717, 1.165) is 17.5 Å². The minimum atomic E-state index is -0.254. The lowest BCUT2D eigenvalue weighted by Crippen LogP contribution is -2.26. The van der Waals surface area contributed by atoms with Crippen LogP contribution in [0.1, 0.15) is 29.7 Å². The summed E-state index contributed by atoms with van der Waals surface area (Å²) in [6.07, 6.45) is 0.614. The molecule has 0 aliphatic carbocycles. The summed E-state index contributed by atoms with van der Waals surface area (Å²) >= 11 is 0. The number of phenolic OH excluding ortho intramolecular Hbond substituents is 1. The predicted molar refractivity (Wildman–Crippen MR) is 74.3 cm³/mol. The van der Waals surface area contributed by atoms with E-state index < -0.39 is 0 Å². The number of aromatic hydroxyl groups is 1. The molecule has 2 atom stereocenters. The van der Waals surface area contributed by atoms with Crippen molar-refractivity contribution in [2.75, 3.05) is 7.05 Å². The molecular weight excluding hydrogens is 257 g/mol. The van der Waals surface area contributed by atoms with Gasteiger partial charge in [0.25, 0.3) is 0 Å². The van der Waals surface area contributed by atoms with Crippen molar-refractivity contribution in [1.29, 1.82) is 0 Å². The van der Waals surface area contributed by atoms with Crippen LogP contribution in [-0.2, 0) is 0 Å². The Labute approximate surface area is 117 Å². The third-order valence-electron chi connectivity index (χ3n) is 3.68. The Morgan fingerprint density at radius 1 is 1.20 bits per heavy atom. The lowest BCUT2D eigenvalue weighted by Gasteiger charge is -2.32. The van der Waals surface area contributed by atoms with Crippen LogP contribution < -0.4 is 10.1 Å². The molecule has 2 aromatic carbocycles. The predicted octanol–water partition coefficient (Wildman–Crippen LogP) is 3.32. The maximum Gasteiger partial charge on any atom is 0.126 e. The summed E-state index contributed by atoms with van der Waals surface area (Å²) < 4.78 is 19.3. The van der Waals surface area contributed by atoms with Crippen LogP contribution >= 0.6 is 0 Å². The Kier molecular flexibility index (Phi) is 3.32. The van der Waals surface area contributed by atoms with Gasteiger partial charge in [-0.05, 0) is 42.9 Å². The Balaban J connectivity index is 1.94. The molecule has 1 aliphatic rings. The third-order valence-corrected chi connectivity index (χ3v) is 3.68. The first-order valence-electron chi connectivity index (χ1n) is 6.59. The molecule has 2 unspecified atom stereocenters. The van der Waals surface area contributed by atoms with E-state index in [2.05, 4.69) is 5.32 Å². The van der Waals surface area contributed by atoms with Crippen LogP contribution in [0.5, 0.6) is 11.5 Å². The highest BCUT2D eigenvalue weighted by molar-refractivity contribution is 5.40. The molecular formula is C16H16FNO2. The molecule has 2 N–H and O–H groups in total. The topological polar surface area (TPSA) is 41.5 Å². The molecule has 4 heteroatoms. The molecule has 0 radical (unpaired) electrons. The van der Waals surface area contributed by atoms with Crippen molar-refractivity contribution in [2.24, 2.45) is 0 Å². The maximum atomic E-state index is 13.4. The number of rotatable bonds is 2. The van der Waals surface area contributed by atoms with Gasteiger partial charge >= 0.3 is 0 Å². The summed E-state index contributed by atoms with van der Waals surface area (Å²) in [5, 5.41) is 12.5. The standard InChI is InChI=1S/C16H16FNO2/c1-18-14-9-16(10-2-5-12(19)6-3-10)20-15-7-4-11(17)8-13(14)15/h2-8,14,16,18-19H,9H2,1H3. The lowest BCUT2D eigenvalue weighted by molar-refractivity contribution is 0.153. The average Bonchev–Trinajstić information content (AvgIpc) is 2.47. The molecule has 0 saturated heterocycles. The van der Waals surface area contributed by atoms with Gasteiger partial charge in [0.15, 0.2) is 0 Å². The van der Waals surface area contributed by atoms with Crippen molar-refractivity contribution >= 4 is 0 Å². The first-order valence-corrected chi connectivity index (χ1v) is 6.59. The third kappa shape index (κ3) is 2.34. The minimum Gasteiger partial charge on any atom is -0.508 e. The molecule has 2 aromatic rings. The van der Waals surface area contributed by atoms with E-state index in [9.17, 15) is 9.50 Å². The molecule has 0 bridgehead atoms. The summed E-state index contributed by atoms with van der Waals surface area (Å²) in [4.78, 5) is 0. The molecule has 0 saturated carbocycles. The number of nitrogens with one attached hydrogen (secondary N) is 1. The van der Waals surface area contributed by atoms with Gasteiger partial charge in [0.2, 0.25) is 0 Å². The van der Waals surface area contributed by atoms with Gasteiger partial charge in [-0.15, -0.1) is 0 Å². The highest BCUT2D eigenvalue weighted by Crippen LogP contribution is 2.41. The van der Waals surface area contributed by atoms with Crippen LogP contribution in [0.4, 0.5) is 4.39 Å². The molecule has 104 valence electrons. The number of halogens is 1. The zero-order valence-electron chi connectivity index (χ0n) is 11.1. The van der Waals surface area contributed by atoms with Gasteiger partial charge in [0, 0.05) is 18.0 Å². The van der Waals surface area contributed by atoms with Gasteiger partial charge < -0.3 is 15.2 Å². The fraction of sp³-hybridized carbons (Fsp3) is 0.250. The Morgan fingerprint density at radius 3 is 2.65 bits per heavy atom. The van der Waals surface area contributed by atoms with E-state index in [1.165, 1.54) is 12.1 Å². The van der Waals surface area contributed by atoms with Crippen LogP contribution in [0.3, 0.4) is 0 Å². The summed E-state index contributed by atoms with van der Waals surface area (Å²) in [5.41, 5.74) is 1.85. The van der Waals surface area contributed by atoms with Gasteiger partial charge in [0.05, 0.1) is 0 Å². The Hall–Kier alpha value is -2.07. The molecule has 0 spiro atoms. The summed E-state index contributed by atoms with van der Waals surface area (Å²) in [6, 6.07) is 11.6. The maximum absolute atomic E-state index is 13.4. The first kappa shape index (κ1) is 12.9. The normalized spacial score (nSPS) is 21.1. The number of phenols is 1. The molecule has 0 fully saturated rings. The quantitative estimate of drug-likeness (QED) is 0.882. The van der Waals surface area contributed by atoms with Crippen LogP contribution in [0.15, 0.2) is 42.5 Å². The summed E-state index contributed by atoms with van der Waals surface area (Å²) in [7, 11) is 1.86. The fourth-order valence-electron chi connectivity index (χ4n) is 2.61. The molecule has 20 heavy (non-hydrogen) atoms. The van der Waals surface area contributed by atoms with E-state index in [-0.39, 0.29) is 23.7 Å². The van der Waals surface area contributed by atoms with E-state index in [4.69, 9.17) is 4.74 Å². The molecule has 1 heterocycles. The van der Waals surface area contributed by atoms with Crippen LogP contribution in [0.25, 0.3) is 0 Å². The number of benzene rings is 2. The smallest absolute Gasteiger partial charge is 0.126 e. The largest absolute Gasteiger partial charge is 0.508 e. The highest BCUT2D eigenvalue weighted by atomic mass is 19.1. The van der Waals surface area contributed by atoms with Crippen molar-refractivity contribution in [2.45, 2.75) is 18.6 Å². The number of hydrogen-bond donors (Lipinski definition) is 2. The number of fused-ring (bicyclic) bond motifs is 1. The summed E-state index contributed by atoms with van der Waals surface area (Å²) in [5.74, 6) is 0.683. The lowest BCUT2D eigenvalue weighted by atomic mass is 9.93. The molecule has 3 rings (SSSR count). The van der Waals surface area contributed by atoms with Crippen molar-refractivity contribution < 1.29 is 14.2 Å². The van der Waals surface area contributed by atoms with Gasteiger partial charge in [-0.25, -0.2) is 4.39 Å². The van der Waals surface area contributed by atoms with Crippen molar-refractivity contribution in [3.63, 3.8) is 0 Å². The fourth-order valence-corrected chi connectivity index (χ4v) is 2.61. The minimum absolute atomic E-state index is 0.0493. The van der Waals surface area contributed by atoms with Crippen LogP contribution in [0, 0.1) is 5.82 Å². The zero-order valence-corrected chi connectivity index (χ0v) is 11.1. The van der Waals surface area contributed by atoms with E-state index in [1.54, 1.807) is 18.2 Å². The van der Waals surface area contributed by atoms with Gasteiger partial charge in [-0.1, -0.05) is 12.1 Å². The van der Waals surface area contributed by atoms with E-state index in [0.29, 0.717) is 5.75 Å². The Bertz CT molecular complexity index is 612.